The molecule has 0 fully saturated rings. The highest BCUT2D eigenvalue weighted by Crippen LogP contribution is 2.25. The lowest BCUT2D eigenvalue weighted by molar-refractivity contribution is -0.385. The molecule has 1 amide bonds. The average molecular weight is 408 g/mol. The summed E-state index contributed by atoms with van der Waals surface area (Å²) in [5.41, 5.74) is 0.891. The molecular formula is C18H24N4O5S. The van der Waals surface area contributed by atoms with Gasteiger partial charge in [0.25, 0.3) is 11.6 Å². The van der Waals surface area contributed by atoms with Crippen molar-refractivity contribution < 1.29 is 18.1 Å². The number of aromatic nitrogens is 1. The Kier molecular flexibility index (Phi) is 6.57. The highest BCUT2D eigenvalue weighted by atomic mass is 32.2. The molecule has 2 aromatic rings. The number of hydrogen-bond acceptors (Lipinski definition) is 5. The first-order valence-corrected chi connectivity index (χ1v) is 10.3. The van der Waals surface area contributed by atoms with Gasteiger partial charge in [-0.2, -0.15) is 4.31 Å². The van der Waals surface area contributed by atoms with Gasteiger partial charge >= 0.3 is 0 Å². The Balaban J connectivity index is 2.33. The number of carbonyl (C=O) groups is 1. The molecule has 0 aliphatic rings. The number of sulfonamides is 1. The SMILES string of the molecule is CCc1ccc(NC(=O)c2cc(S(=O)(=O)N(CC)CC)cn2C)cc1[N+](=O)[O-]. The van der Waals surface area contributed by atoms with Gasteiger partial charge in [-0.15, -0.1) is 0 Å². The monoisotopic (exact) mass is 408 g/mol. The fourth-order valence-electron chi connectivity index (χ4n) is 2.92. The third-order valence-corrected chi connectivity index (χ3v) is 6.49. The summed E-state index contributed by atoms with van der Waals surface area (Å²) in [5, 5.41) is 13.8. The van der Waals surface area contributed by atoms with E-state index in [9.17, 15) is 23.3 Å². The molecule has 1 heterocycles. The van der Waals surface area contributed by atoms with Crippen molar-refractivity contribution in [2.24, 2.45) is 7.05 Å². The minimum atomic E-state index is -3.69. The number of aryl methyl sites for hydroxylation is 2. The number of benzene rings is 1. The van der Waals surface area contributed by atoms with Crippen molar-refractivity contribution in [1.82, 2.24) is 8.87 Å². The topological polar surface area (TPSA) is 115 Å². The lowest BCUT2D eigenvalue weighted by Gasteiger charge is -2.17. The maximum Gasteiger partial charge on any atom is 0.274 e. The van der Waals surface area contributed by atoms with Gasteiger partial charge in [0.15, 0.2) is 0 Å². The van der Waals surface area contributed by atoms with E-state index >= 15 is 0 Å². The van der Waals surface area contributed by atoms with E-state index in [4.69, 9.17) is 0 Å². The van der Waals surface area contributed by atoms with E-state index in [1.54, 1.807) is 33.0 Å². The fraction of sp³-hybridized carbons (Fsp3) is 0.389. The van der Waals surface area contributed by atoms with E-state index in [0.717, 1.165) is 0 Å². The molecule has 1 aromatic heterocycles. The number of nitrogens with zero attached hydrogens (tertiary/aromatic N) is 3. The highest BCUT2D eigenvalue weighted by molar-refractivity contribution is 7.89. The van der Waals surface area contributed by atoms with Gasteiger partial charge in [0.1, 0.15) is 10.6 Å². The van der Waals surface area contributed by atoms with E-state index in [0.29, 0.717) is 25.1 Å². The van der Waals surface area contributed by atoms with E-state index in [2.05, 4.69) is 5.32 Å². The number of hydrogen-bond donors (Lipinski definition) is 1. The van der Waals surface area contributed by atoms with Crippen LogP contribution >= 0.6 is 0 Å². The number of nitro benzene ring substituents is 1. The predicted molar refractivity (Wildman–Crippen MR) is 106 cm³/mol. The molecule has 0 aliphatic carbocycles. The summed E-state index contributed by atoms with van der Waals surface area (Å²) in [6.07, 6.45) is 1.88. The Morgan fingerprint density at radius 3 is 2.39 bits per heavy atom. The van der Waals surface area contributed by atoms with Gasteiger partial charge < -0.3 is 9.88 Å². The molecule has 1 N–H and O–H groups in total. The molecule has 152 valence electrons. The van der Waals surface area contributed by atoms with E-state index in [-0.39, 0.29) is 22.0 Å². The molecule has 0 spiro atoms. The van der Waals surface area contributed by atoms with Crippen LogP contribution < -0.4 is 5.32 Å². The Labute approximate surface area is 164 Å². The fourth-order valence-corrected chi connectivity index (χ4v) is 4.45. The van der Waals surface area contributed by atoms with Gasteiger partial charge in [0, 0.05) is 43.7 Å². The minimum Gasteiger partial charge on any atom is -0.345 e. The summed E-state index contributed by atoms with van der Waals surface area (Å²) in [7, 11) is -2.12. The lowest BCUT2D eigenvalue weighted by atomic mass is 10.1. The van der Waals surface area contributed by atoms with Crippen LogP contribution in [0.2, 0.25) is 0 Å². The van der Waals surface area contributed by atoms with Gasteiger partial charge in [0.2, 0.25) is 10.0 Å². The van der Waals surface area contributed by atoms with E-state index < -0.39 is 20.9 Å². The molecule has 0 unspecified atom stereocenters. The van der Waals surface area contributed by atoms with Crippen molar-refractivity contribution in [3.8, 4) is 0 Å². The second-order valence-corrected chi connectivity index (χ2v) is 8.11. The Bertz CT molecular complexity index is 993. The number of rotatable bonds is 8. The van der Waals surface area contributed by atoms with Crippen LogP contribution in [-0.4, -0.2) is 41.2 Å². The summed E-state index contributed by atoms with van der Waals surface area (Å²) >= 11 is 0. The Morgan fingerprint density at radius 1 is 1.21 bits per heavy atom. The van der Waals surface area contributed by atoms with Gasteiger partial charge in [-0.1, -0.05) is 26.8 Å². The third kappa shape index (κ3) is 4.23. The summed E-state index contributed by atoms with van der Waals surface area (Å²) in [4.78, 5) is 23.3. The first kappa shape index (κ1) is 21.6. The first-order valence-electron chi connectivity index (χ1n) is 8.90. The van der Waals surface area contributed by atoms with Crippen LogP contribution in [0.5, 0.6) is 0 Å². The zero-order valence-corrected chi connectivity index (χ0v) is 17.1. The van der Waals surface area contributed by atoms with Crippen molar-refractivity contribution in [2.45, 2.75) is 32.1 Å². The second-order valence-electron chi connectivity index (χ2n) is 6.17. The van der Waals surface area contributed by atoms with Crippen molar-refractivity contribution in [1.29, 1.82) is 0 Å². The highest BCUT2D eigenvalue weighted by Gasteiger charge is 2.25. The quantitative estimate of drug-likeness (QED) is 0.533. The number of nitrogens with one attached hydrogen (secondary N) is 1. The maximum absolute atomic E-state index is 12.6. The number of amides is 1. The van der Waals surface area contributed by atoms with Gasteiger partial charge in [-0.25, -0.2) is 8.42 Å². The molecule has 2 rings (SSSR count). The molecule has 0 saturated carbocycles. The molecule has 0 saturated heterocycles. The molecule has 0 bridgehead atoms. The molecule has 1 aromatic carbocycles. The molecule has 10 heteroatoms. The zero-order valence-electron chi connectivity index (χ0n) is 16.3. The maximum atomic E-state index is 12.6. The summed E-state index contributed by atoms with van der Waals surface area (Å²) in [6, 6.07) is 5.78. The van der Waals surface area contributed by atoms with Gasteiger partial charge in [-0.05, 0) is 18.6 Å². The van der Waals surface area contributed by atoms with Crippen LogP contribution in [0.15, 0.2) is 35.4 Å². The summed E-state index contributed by atoms with van der Waals surface area (Å²) in [5.74, 6) is -0.554. The standard InChI is InChI=1S/C18H24N4O5S/c1-5-13-8-9-14(10-16(13)22(24)25)19-18(23)17-11-15(12-20(17)4)28(26,27)21(6-2)7-3/h8-12H,5-7H2,1-4H3,(H,19,23). The molecule has 9 nitrogen and oxygen atoms in total. The normalized spacial score (nSPS) is 11.6. The molecule has 0 radical (unpaired) electrons. The van der Waals surface area contributed by atoms with Crippen molar-refractivity contribution in [2.75, 3.05) is 18.4 Å². The summed E-state index contributed by atoms with van der Waals surface area (Å²) in [6.45, 7) is 5.93. The Morgan fingerprint density at radius 2 is 1.86 bits per heavy atom. The average Bonchev–Trinajstić information content (AvgIpc) is 3.05. The molecule has 0 aliphatic heterocycles. The first-order chi connectivity index (χ1) is 13.1. The van der Waals surface area contributed by atoms with Gasteiger partial charge in [-0.3, -0.25) is 14.9 Å². The van der Waals surface area contributed by atoms with E-state index in [1.807, 2.05) is 6.92 Å². The summed E-state index contributed by atoms with van der Waals surface area (Å²) < 4.78 is 28.0. The lowest BCUT2D eigenvalue weighted by Crippen LogP contribution is -2.30. The third-order valence-electron chi connectivity index (χ3n) is 4.48. The van der Waals surface area contributed by atoms with Gasteiger partial charge in [0.05, 0.1) is 4.92 Å². The van der Waals surface area contributed by atoms with Crippen molar-refractivity contribution >= 4 is 27.3 Å². The molecule has 0 atom stereocenters. The van der Waals surface area contributed by atoms with Crippen LogP contribution in [-0.2, 0) is 23.5 Å². The number of nitro groups is 1. The second kappa shape index (κ2) is 8.53. The van der Waals surface area contributed by atoms with Crippen LogP contribution in [0.1, 0.15) is 36.8 Å². The smallest absolute Gasteiger partial charge is 0.274 e. The van der Waals surface area contributed by atoms with Crippen LogP contribution in [0.25, 0.3) is 0 Å². The Hall–Kier alpha value is -2.72. The molecular weight excluding hydrogens is 384 g/mol. The predicted octanol–water partition coefficient (Wildman–Crippen LogP) is 2.78. The van der Waals surface area contributed by atoms with Crippen LogP contribution in [0.4, 0.5) is 11.4 Å². The van der Waals surface area contributed by atoms with Crippen molar-refractivity contribution in [3.05, 3.63) is 51.8 Å². The van der Waals surface area contributed by atoms with Crippen LogP contribution in [0, 0.1) is 10.1 Å². The molecule has 28 heavy (non-hydrogen) atoms. The zero-order chi connectivity index (χ0) is 21.1. The number of carbonyl (C=O) groups excluding carboxylic acids is 1. The van der Waals surface area contributed by atoms with E-state index in [1.165, 1.54) is 27.2 Å². The number of anilines is 1. The largest absolute Gasteiger partial charge is 0.345 e. The van der Waals surface area contributed by atoms with Crippen LogP contribution in [0.3, 0.4) is 0 Å². The van der Waals surface area contributed by atoms with Crippen molar-refractivity contribution in [3.63, 3.8) is 0 Å². The minimum absolute atomic E-state index is 0.0242.